The van der Waals surface area contributed by atoms with Gasteiger partial charge in [-0.05, 0) is 26.8 Å². The van der Waals surface area contributed by atoms with Crippen LogP contribution in [0.15, 0.2) is 11.4 Å². The van der Waals surface area contributed by atoms with Gasteiger partial charge in [0.25, 0.3) is 5.91 Å². The van der Waals surface area contributed by atoms with Crippen LogP contribution in [0.1, 0.15) is 40.8 Å². The molecule has 0 saturated carbocycles. The number of rotatable bonds is 5. The fourth-order valence-electron chi connectivity index (χ4n) is 1.41. The molecular weight excluding hydrogens is 254 g/mol. The van der Waals surface area contributed by atoms with Crippen LogP contribution >= 0.6 is 11.3 Å². The zero-order valence-corrected chi connectivity index (χ0v) is 11.3. The highest BCUT2D eigenvalue weighted by molar-refractivity contribution is 7.12. The summed E-state index contributed by atoms with van der Waals surface area (Å²) in [5, 5.41) is 10.4. The molecule has 18 heavy (non-hydrogen) atoms. The maximum Gasteiger partial charge on any atom is 0.323 e. The second kappa shape index (κ2) is 5.77. The van der Waals surface area contributed by atoms with Crippen LogP contribution < -0.4 is 0 Å². The average Bonchev–Trinajstić information content (AvgIpc) is 2.73. The van der Waals surface area contributed by atoms with Crippen molar-refractivity contribution in [2.24, 2.45) is 0 Å². The van der Waals surface area contributed by atoms with Crippen LogP contribution in [0.3, 0.4) is 0 Å². The average molecular weight is 269 g/mol. The highest BCUT2D eigenvalue weighted by atomic mass is 32.1. The number of amides is 1. The summed E-state index contributed by atoms with van der Waals surface area (Å²) in [6.45, 7) is 4.58. The van der Waals surface area contributed by atoms with E-state index in [1.807, 2.05) is 0 Å². The Morgan fingerprint density at radius 2 is 2.00 bits per heavy atom. The first kappa shape index (κ1) is 14.4. The van der Waals surface area contributed by atoms with Gasteiger partial charge in [-0.15, -0.1) is 11.3 Å². The lowest BCUT2D eigenvalue weighted by Gasteiger charge is -2.24. The molecule has 0 aliphatic heterocycles. The van der Waals surface area contributed by atoms with Crippen LogP contribution in [0.5, 0.6) is 0 Å². The Kier molecular flexibility index (Phi) is 4.61. The molecule has 0 bridgehead atoms. The lowest BCUT2D eigenvalue weighted by atomic mass is 10.2. The van der Waals surface area contributed by atoms with Crippen LogP contribution in [0.2, 0.25) is 0 Å². The number of ketones is 1. The lowest BCUT2D eigenvalue weighted by Crippen LogP contribution is -2.40. The van der Waals surface area contributed by atoms with Gasteiger partial charge >= 0.3 is 5.97 Å². The van der Waals surface area contributed by atoms with Gasteiger partial charge < -0.3 is 10.0 Å². The van der Waals surface area contributed by atoms with Gasteiger partial charge in [0.2, 0.25) is 0 Å². The minimum atomic E-state index is -1.06. The molecular formula is C12H15NO4S. The number of thiophene rings is 1. The SMILES string of the molecule is CC(=O)c1csc(C(=O)N(CC(=O)O)C(C)C)c1. The Bertz CT molecular complexity index is 478. The van der Waals surface area contributed by atoms with Crippen LogP contribution in [0, 0.1) is 0 Å². The zero-order valence-electron chi connectivity index (χ0n) is 10.5. The highest BCUT2D eigenvalue weighted by Crippen LogP contribution is 2.18. The quantitative estimate of drug-likeness (QED) is 0.828. The van der Waals surface area contributed by atoms with Crippen LogP contribution in [-0.2, 0) is 4.79 Å². The van der Waals surface area contributed by atoms with Gasteiger partial charge in [0.15, 0.2) is 5.78 Å². The largest absolute Gasteiger partial charge is 0.480 e. The third-order valence-corrected chi connectivity index (χ3v) is 3.32. The van der Waals surface area contributed by atoms with Crippen molar-refractivity contribution in [1.29, 1.82) is 0 Å². The molecule has 1 aromatic heterocycles. The van der Waals surface area contributed by atoms with Gasteiger partial charge in [0, 0.05) is 17.0 Å². The van der Waals surface area contributed by atoms with Crippen molar-refractivity contribution in [3.8, 4) is 0 Å². The number of carboxylic acid groups (broad SMARTS) is 1. The van der Waals surface area contributed by atoms with Crippen molar-refractivity contribution < 1.29 is 19.5 Å². The minimum absolute atomic E-state index is 0.111. The Hall–Kier alpha value is -1.69. The molecule has 98 valence electrons. The van der Waals surface area contributed by atoms with Gasteiger partial charge in [0.1, 0.15) is 6.54 Å². The molecule has 0 fully saturated rings. The minimum Gasteiger partial charge on any atom is -0.480 e. The van der Waals surface area contributed by atoms with E-state index < -0.39 is 5.97 Å². The number of nitrogens with zero attached hydrogens (tertiary/aromatic N) is 1. The van der Waals surface area contributed by atoms with Crippen LogP contribution in [0.4, 0.5) is 0 Å². The molecule has 1 aromatic rings. The topological polar surface area (TPSA) is 74.7 Å². The predicted molar refractivity (Wildman–Crippen MR) is 68.1 cm³/mol. The first-order valence-corrected chi connectivity index (χ1v) is 6.33. The van der Waals surface area contributed by atoms with E-state index in [0.29, 0.717) is 10.4 Å². The van der Waals surface area contributed by atoms with Crippen molar-refractivity contribution in [3.63, 3.8) is 0 Å². The molecule has 0 spiro atoms. The normalized spacial score (nSPS) is 10.4. The zero-order chi connectivity index (χ0) is 13.9. The number of aliphatic carboxylic acids is 1. The Labute approximate surface area is 109 Å². The third-order valence-electron chi connectivity index (χ3n) is 2.41. The summed E-state index contributed by atoms with van der Waals surface area (Å²) in [5.74, 6) is -1.52. The molecule has 0 saturated heterocycles. The van der Waals surface area contributed by atoms with Gasteiger partial charge in [0.05, 0.1) is 4.88 Å². The fourth-order valence-corrected chi connectivity index (χ4v) is 2.31. The standard InChI is InChI=1S/C12H15NO4S/c1-7(2)13(5-11(15)16)12(17)10-4-9(6-18-10)8(3)14/h4,6-7H,5H2,1-3H3,(H,15,16). The van der Waals surface area contributed by atoms with E-state index in [9.17, 15) is 14.4 Å². The van der Waals surface area contributed by atoms with E-state index in [1.54, 1.807) is 19.2 Å². The number of carboxylic acids is 1. The van der Waals surface area contributed by atoms with E-state index in [1.165, 1.54) is 17.9 Å². The van der Waals surface area contributed by atoms with Crippen molar-refractivity contribution in [2.45, 2.75) is 26.8 Å². The second-order valence-corrected chi connectivity index (χ2v) is 5.09. The molecule has 0 radical (unpaired) electrons. The van der Waals surface area contributed by atoms with E-state index in [-0.39, 0.29) is 24.3 Å². The first-order chi connectivity index (χ1) is 8.32. The summed E-state index contributed by atoms with van der Waals surface area (Å²) in [6, 6.07) is 1.29. The van der Waals surface area contributed by atoms with Crippen molar-refractivity contribution in [1.82, 2.24) is 4.90 Å². The summed E-state index contributed by atoms with van der Waals surface area (Å²) in [5.41, 5.74) is 0.474. The summed E-state index contributed by atoms with van der Waals surface area (Å²) >= 11 is 1.15. The van der Waals surface area contributed by atoms with Gasteiger partial charge in [-0.2, -0.15) is 0 Å². The third kappa shape index (κ3) is 3.40. The van der Waals surface area contributed by atoms with Crippen molar-refractivity contribution in [2.75, 3.05) is 6.54 Å². The maximum absolute atomic E-state index is 12.1. The second-order valence-electron chi connectivity index (χ2n) is 4.18. The van der Waals surface area contributed by atoms with E-state index in [0.717, 1.165) is 11.3 Å². The number of Topliss-reactive ketones (excluding diaryl/α,β-unsaturated/α-hetero) is 1. The molecule has 1 N–H and O–H groups in total. The van der Waals surface area contributed by atoms with Gasteiger partial charge in [-0.3, -0.25) is 14.4 Å². The molecule has 6 heteroatoms. The van der Waals surface area contributed by atoms with Crippen molar-refractivity contribution >= 4 is 29.0 Å². The van der Waals surface area contributed by atoms with E-state index in [4.69, 9.17) is 5.11 Å². The molecule has 1 amide bonds. The predicted octanol–water partition coefficient (Wildman–Crippen LogP) is 1.89. The number of carbonyl (C=O) groups excluding carboxylic acids is 2. The number of carbonyl (C=O) groups is 3. The first-order valence-electron chi connectivity index (χ1n) is 5.45. The Morgan fingerprint density at radius 1 is 1.39 bits per heavy atom. The summed E-state index contributed by atoms with van der Waals surface area (Å²) in [6.07, 6.45) is 0. The van der Waals surface area contributed by atoms with Gasteiger partial charge in [-0.25, -0.2) is 0 Å². The van der Waals surface area contributed by atoms with E-state index >= 15 is 0 Å². The molecule has 1 heterocycles. The summed E-state index contributed by atoms with van der Waals surface area (Å²) in [7, 11) is 0. The summed E-state index contributed by atoms with van der Waals surface area (Å²) < 4.78 is 0. The fraction of sp³-hybridized carbons (Fsp3) is 0.417. The maximum atomic E-state index is 12.1. The number of hydrogen-bond donors (Lipinski definition) is 1. The highest BCUT2D eigenvalue weighted by Gasteiger charge is 2.23. The molecule has 0 unspecified atom stereocenters. The lowest BCUT2D eigenvalue weighted by molar-refractivity contribution is -0.138. The Balaban J connectivity index is 2.94. The molecule has 5 nitrogen and oxygen atoms in total. The molecule has 0 atom stereocenters. The monoisotopic (exact) mass is 269 g/mol. The van der Waals surface area contributed by atoms with Crippen LogP contribution in [-0.4, -0.2) is 40.3 Å². The molecule has 0 aliphatic rings. The molecule has 1 rings (SSSR count). The summed E-state index contributed by atoms with van der Waals surface area (Å²) in [4.78, 5) is 35.6. The van der Waals surface area contributed by atoms with Gasteiger partial charge in [-0.1, -0.05) is 0 Å². The smallest absolute Gasteiger partial charge is 0.323 e. The van der Waals surface area contributed by atoms with Crippen molar-refractivity contribution in [3.05, 3.63) is 21.9 Å². The van der Waals surface area contributed by atoms with E-state index in [2.05, 4.69) is 0 Å². The molecule has 0 aromatic carbocycles. The number of hydrogen-bond acceptors (Lipinski definition) is 4. The molecule has 0 aliphatic carbocycles. The van der Waals surface area contributed by atoms with Crippen LogP contribution in [0.25, 0.3) is 0 Å². The Morgan fingerprint density at radius 3 is 2.39 bits per heavy atom.